The maximum atomic E-state index is 12.4. The zero-order chi connectivity index (χ0) is 20.3. The van der Waals surface area contributed by atoms with Gasteiger partial charge >= 0.3 is 0 Å². The normalized spacial score (nSPS) is 11.4. The number of hydrogen-bond acceptors (Lipinski definition) is 5. The Morgan fingerprint density at radius 1 is 1.11 bits per heavy atom. The number of amides is 1. The van der Waals surface area contributed by atoms with Gasteiger partial charge in [-0.15, -0.1) is 0 Å². The van der Waals surface area contributed by atoms with Gasteiger partial charge in [-0.2, -0.15) is 5.10 Å². The number of carbonyl (C=O) groups excluding carboxylic acids is 1. The summed E-state index contributed by atoms with van der Waals surface area (Å²) < 4.78 is 28.0. The smallest absolute Gasteiger partial charge is 0.255 e. The Balaban J connectivity index is 1.72. The molecule has 0 saturated carbocycles. The highest BCUT2D eigenvalue weighted by Crippen LogP contribution is 2.15. The standard InChI is InChI=1S/C19H21N5O3S/c1-4-21-28(26,27)17-8-5-15(6-9-17)19(25)22-16-7-10-18(20-12-16)24-14(3)11-13(2)23-24/h5-12,21H,4H2,1-3H3,(H,22,25). The number of aromatic nitrogens is 3. The summed E-state index contributed by atoms with van der Waals surface area (Å²) in [7, 11) is -3.54. The van der Waals surface area contributed by atoms with Gasteiger partial charge in [0.05, 0.1) is 22.5 Å². The van der Waals surface area contributed by atoms with E-state index in [2.05, 4.69) is 20.1 Å². The first kappa shape index (κ1) is 19.7. The Kier molecular flexibility index (Phi) is 5.57. The molecule has 0 unspecified atom stereocenters. The van der Waals surface area contributed by atoms with Gasteiger partial charge in [0.2, 0.25) is 10.0 Å². The lowest BCUT2D eigenvalue weighted by atomic mass is 10.2. The van der Waals surface area contributed by atoms with E-state index in [9.17, 15) is 13.2 Å². The number of carbonyl (C=O) groups is 1. The third kappa shape index (κ3) is 4.26. The first-order chi connectivity index (χ1) is 13.3. The van der Waals surface area contributed by atoms with Gasteiger partial charge in [0.15, 0.2) is 5.82 Å². The van der Waals surface area contributed by atoms with Crippen LogP contribution in [-0.4, -0.2) is 35.6 Å². The molecule has 8 nitrogen and oxygen atoms in total. The Morgan fingerprint density at radius 3 is 2.36 bits per heavy atom. The maximum absolute atomic E-state index is 12.4. The SMILES string of the molecule is CCNS(=O)(=O)c1ccc(C(=O)Nc2ccc(-n3nc(C)cc3C)nc2)cc1. The van der Waals surface area contributed by atoms with Crippen LogP contribution in [0.3, 0.4) is 0 Å². The van der Waals surface area contributed by atoms with Crippen LogP contribution in [-0.2, 0) is 10.0 Å². The summed E-state index contributed by atoms with van der Waals surface area (Å²) in [6.07, 6.45) is 1.55. The number of sulfonamides is 1. The van der Waals surface area contributed by atoms with Crippen molar-refractivity contribution in [3.05, 3.63) is 65.6 Å². The number of nitrogens with zero attached hydrogens (tertiary/aromatic N) is 3. The predicted octanol–water partition coefficient (Wildman–Crippen LogP) is 2.43. The molecule has 146 valence electrons. The molecule has 3 rings (SSSR count). The quantitative estimate of drug-likeness (QED) is 0.662. The summed E-state index contributed by atoms with van der Waals surface area (Å²) in [6, 6.07) is 11.2. The van der Waals surface area contributed by atoms with Crippen LogP contribution in [0.5, 0.6) is 0 Å². The number of aryl methyl sites for hydroxylation is 2. The molecule has 0 atom stereocenters. The van der Waals surface area contributed by atoms with Gasteiger partial charge in [-0.25, -0.2) is 22.8 Å². The first-order valence-corrected chi connectivity index (χ1v) is 10.2. The van der Waals surface area contributed by atoms with E-state index in [1.54, 1.807) is 29.9 Å². The minimum Gasteiger partial charge on any atom is -0.321 e. The Bertz CT molecular complexity index is 1090. The van der Waals surface area contributed by atoms with Crippen molar-refractivity contribution in [2.24, 2.45) is 0 Å². The number of benzene rings is 1. The summed E-state index contributed by atoms with van der Waals surface area (Å²) in [5, 5.41) is 7.12. The fraction of sp³-hybridized carbons (Fsp3) is 0.211. The highest BCUT2D eigenvalue weighted by atomic mass is 32.2. The van der Waals surface area contributed by atoms with Crippen molar-refractivity contribution < 1.29 is 13.2 Å². The highest BCUT2D eigenvalue weighted by molar-refractivity contribution is 7.89. The van der Waals surface area contributed by atoms with E-state index in [-0.39, 0.29) is 10.8 Å². The molecule has 0 radical (unpaired) electrons. The number of hydrogen-bond donors (Lipinski definition) is 2. The lowest BCUT2D eigenvalue weighted by Gasteiger charge is -2.08. The van der Waals surface area contributed by atoms with E-state index >= 15 is 0 Å². The van der Waals surface area contributed by atoms with Gasteiger partial charge in [-0.05, 0) is 56.3 Å². The largest absolute Gasteiger partial charge is 0.321 e. The number of nitrogens with one attached hydrogen (secondary N) is 2. The topological polar surface area (TPSA) is 106 Å². The van der Waals surface area contributed by atoms with Gasteiger partial charge in [0, 0.05) is 17.8 Å². The molecule has 0 saturated heterocycles. The van der Waals surface area contributed by atoms with Crippen molar-refractivity contribution in [1.82, 2.24) is 19.5 Å². The molecule has 1 amide bonds. The molecule has 28 heavy (non-hydrogen) atoms. The van der Waals surface area contributed by atoms with Crippen LogP contribution in [0, 0.1) is 13.8 Å². The molecule has 1 aromatic carbocycles. The molecule has 0 fully saturated rings. The van der Waals surface area contributed by atoms with E-state index in [0.717, 1.165) is 11.4 Å². The summed E-state index contributed by atoms with van der Waals surface area (Å²) in [6.45, 7) is 5.85. The minimum absolute atomic E-state index is 0.113. The van der Waals surface area contributed by atoms with Crippen LogP contribution in [0.4, 0.5) is 5.69 Å². The van der Waals surface area contributed by atoms with E-state index in [4.69, 9.17) is 0 Å². The maximum Gasteiger partial charge on any atom is 0.255 e. The molecule has 0 aliphatic heterocycles. The molecule has 0 bridgehead atoms. The lowest BCUT2D eigenvalue weighted by molar-refractivity contribution is 0.102. The Hall–Kier alpha value is -3.04. The summed E-state index contributed by atoms with van der Waals surface area (Å²) in [5.41, 5.74) is 2.74. The van der Waals surface area contributed by atoms with E-state index in [0.29, 0.717) is 23.6 Å². The van der Waals surface area contributed by atoms with E-state index < -0.39 is 10.0 Å². The van der Waals surface area contributed by atoms with Crippen molar-refractivity contribution in [1.29, 1.82) is 0 Å². The second-order valence-electron chi connectivity index (χ2n) is 6.22. The average Bonchev–Trinajstić information content (AvgIpc) is 3.00. The van der Waals surface area contributed by atoms with Crippen LogP contribution < -0.4 is 10.0 Å². The summed E-state index contributed by atoms with van der Waals surface area (Å²) >= 11 is 0. The van der Waals surface area contributed by atoms with Gasteiger partial charge in [-0.3, -0.25) is 4.79 Å². The number of anilines is 1. The van der Waals surface area contributed by atoms with Gasteiger partial charge < -0.3 is 5.32 Å². The number of rotatable bonds is 6. The van der Waals surface area contributed by atoms with Crippen molar-refractivity contribution in [3.8, 4) is 5.82 Å². The minimum atomic E-state index is -3.54. The lowest BCUT2D eigenvalue weighted by Crippen LogP contribution is -2.23. The fourth-order valence-electron chi connectivity index (χ4n) is 2.71. The van der Waals surface area contributed by atoms with Gasteiger partial charge in [-0.1, -0.05) is 6.92 Å². The summed E-state index contributed by atoms with van der Waals surface area (Å²) in [5.74, 6) is 0.301. The van der Waals surface area contributed by atoms with Crippen molar-refractivity contribution in [2.75, 3.05) is 11.9 Å². The first-order valence-electron chi connectivity index (χ1n) is 8.71. The van der Waals surface area contributed by atoms with Crippen LogP contribution in [0.15, 0.2) is 53.6 Å². The van der Waals surface area contributed by atoms with Crippen LogP contribution in [0.25, 0.3) is 5.82 Å². The molecule has 0 aliphatic carbocycles. The third-order valence-corrected chi connectivity index (χ3v) is 5.55. The van der Waals surface area contributed by atoms with Gasteiger partial charge in [0.1, 0.15) is 0 Å². The molecule has 9 heteroatoms. The van der Waals surface area contributed by atoms with E-state index in [1.165, 1.54) is 24.3 Å². The van der Waals surface area contributed by atoms with E-state index in [1.807, 2.05) is 19.9 Å². The average molecular weight is 399 g/mol. The number of pyridine rings is 1. The van der Waals surface area contributed by atoms with Crippen LogP contribution in [0.2, 0.25) is 0 Å². The van der Waals surface area contributed by atoms with Crippen molar-refractivity contribution in [2.45, 2.75) is 25.7 Å². The monoisotopic (exact) mass is 399 g/mol. The molecule has 0 spiro atoms. The van der Waals surface area contributed by atoms with Crippen molar-refractivity contribution in [3.63, 3.8) is 0 Å². The summed E-state index contributed by atoms with van der Waals surface area (Å²) in [4.78, 5) is 16.8. The zero-order valence-electron chi connectivity index (χ0n) is 15.8. The molecule has 3 aromatic rings. The molecule has 2 aromatic heterocycles. The van der Waals surface area contributed by atoms with Crippen molar-refractivity contribution >= 4 is 21.6 Å². The Labute approximate surface area is 163 Å². The van der Waals surface area contributed by atoms with Crippen LogP contribution >= 0.6 is 0 Å². The van der Waals surface area contributed by atoms with Gasteiger partial charge in [0.25, 0.3) is 5.91 Å². The second kappa shape index (κ2) is 7.91. The third-order valence-electron chi connectivity index (χ3n) is 3.99. The molecular formula is C19H21N5O3S. The predicted molar refractivity (Wildman–Crippen MR) is 106 cm³/mol. The molecule has 2 heterocycles. The fourth-order valence-corrected chi connectivity index (χ4v) is 3.75. The molecular weight excluding hydrogens is 378 g/mol. The second-order valence-corrected chi connectivity index (χ2v) is 7.99. The zero-order valence-corrected chi connectivity index (χ0v) is 16.6. The Morgan fingerprint density at radius 2 is 1.82 bits per heavy atom. The molecule has 0 aliphatic rings. The highest BCUT2D eigenvalue weighted by Gasteiger charge is 2.14. The molecule has 2 N–H and O–H groups in total. The van der Waals surface area contributed by atoms with Crippen LogP contribution in [0.1, 0.15) is 28.7 Å².